The van der Waals surface area contributed by atoms with Gasteiger partial charge in [-0.15, -0.1) is 0 Å². The van der Waals surface area contributed by atoms with Gasteiger partial charge in [0.05, 0.1) is 6.61 Å². The number of nitrogens with one attached hydrogen (secondary N) is 1. The molecule has 0 radical (unpaired) electrons. The number of esters is 1. The number of rotatable bonds is 3. The van der Waals surface area contributed by atoms with Crippen molar-refractivity contribution >= 4 is 12.0 Å². The van der Waals surface area contributed by atoms with Crippen molar-refractivity contribution in [2.45, 2.75) is 13.2 Å². The molecule has 0 rings (SSSR count). The van der Waals surface area contributed by atoms with Gasteiger partial charge in [0.15, 0.2) is 0 Å². The van der Waals surface area contributed by atoms with Crippen molar-refractivity contribution in [1.82, 2.24) is 5.32 Å². The molecular weight excluding hydrogens is 152 g/mol. The molecule has 0 bridgehead atoms. The summed E-state index contributed by atoms with van der Waals surface area (Å²) in [6.45, 7) is 1.71. The number of nitrogens with two attached hydrogens (primary N) is 1. The maximum absolute atomic E-state index is 10.5. The standard InChI is InChI=1S/C5H10N2O4/c1-2-11-4(9)3(8)7-5(6)10/h3,8H,2H2,1H3,(H3,6,7,10). The van der Waals surface area contributed by atoms with Crippen molar-refractivity contribution in [3.05, 3.63) is 0 Å². The van der Waals surface area contributed by atoms with Crippen LogP contribution in [0.3, 0.4) is 0 Å². The van der Waals surface area contributed by atoms with Gasteiger partial charge < -0.3 is 20.9 Å². The summed E-state index contributed by atoms with van der Waals surface area (Å²) < 4.78 is 4.35. The summed E-state index contributed by atoms with van der Waals surface area (Å²) in [5.41, 5.74) is 4.61. The Hall–Kier alpha value is -1.30. The van der Waals surface area contributed by atoms with E-state index < -0.39 is 18.2 Å². The highest BCUT2D eigenvalue weighted by Crippen LogP contribution is 1.83. The zero-order chi connectivity index (χ0) is 8.85. The lowest BCUT2D eigenvalue weighted by Gasteiger charge is -2.08. The Labute approximate surface area is 63.3 Å². The summed E-state index contributed by atoms with van der Waals surface area (Å²) in [6.07, 6.45) is -1.67. The first-order valence-corrected chi connectivity index (χ1v) is 2.98. The molecule has 1 atom stereocenters. The quantitative estimate of drug-likeness (QED) is 0.348. The predicted octanol–water partition coefficient (Wildman–Crippen LogP) is -1.46. The number of amides is 2. The van der Waals surface area contributed by atoms with E-state index in [4.69, 9.17) is 5.11 Å². The van der Waals surface area contributed by atoms with Gasteiger partial charge in [-0.05, 0) is 6.92 Å². The predicted molar refractivity (Wildman–Crippen MR) is 35.4 cm³/mol. The summed E-state index contributed by atoms with van der Waals surface area (Å²) in [5, 5.41) is 10.5. The number of aliphatic hydroxyl groups excluding tert-OH is 1. The minimum Gasteiger partial charge on any atom is -0.463 e. The van der Waals surface area contributed by atoms with E-state index in [9.17, 15) is 9.59 Å². The molecule has 0 fully saturated rings. The number of hydrogen-bond donors (Lipinski definition) is 3. The zero-order valence-corrected chi connectivity index (χ0v) is 6.03. The molecule has 0 aromatic rings. The fourth-order valence-corrected chi connectivity index (χ4v) is 0.415. The summed E-state index contributed by atoms with van der Waals surface area (Å²) in [7, 11) is 0. The molecule has 1 unspecified atom stereocenters. The molecule has 0 spiro atoms. The molecule has 0 aromatic carbocycles. The molecule has 0 heterocycles. The number of carbonyl (C=O) groups is 2. The minimum atomic E-state index is -1.67. The molecule has 0 aliphatic carbocycles. The highest BCUT2D eigenvalue weighted by Gasteiger charge is 2.16. The monoisotopic (exact) mass is 162 g/mol. The first-order valence-electron chi connectivity index (χ1n) is 2.98. The Morgan fingerprint density at radius 2 is 2.27 bits per heavy atom. The third-order valence-corrected chi connectivity index (χ3v) is 0.789. The van der Waals surface area contributed by atoms with Crippen LogP contribution in [0.15, 0.2) is 0 Å². The number of aliphatic hydroxyl groups is 1. The summed E-state index contributed by atoms with van der Waals surface area (Å²) >= 11 is 0. The molecule has 0 aliphatic rings. The van der Waals surface area contributed by atoms with Crippen molar-refractivity contribution < 1.29 is 19.4 Å². The molecule has 0 aromatic heterocycles. The van der Waals surface area contributed by atoms with Crippen LogP contribution in [0.5, 0.6) is 0 Å². The van der Waals surface area contributed by atoms with Gasteiger partial charge in [-0.2, -0.15) is 0 Å². The first-order chi connectivity index (χ1) is 5.07. The highest BCUT2D eigenvalue weighted by molar-refractivity contribution is 5.81. The maximum Gasteiger partial charge on any atom is 0.356 e. The van der Waals surface area contributed by atoms with Crippen molar-refractivity contribution in [1.29, 1.82) is 0 Å². The second-order valence-corrected chi connectivity index (χ2v) is 1.66. The SMILES string of the molecule is CCOC(=O)C(O)NC(N)=O. The van der Waals surface area contributed by atoms with Crippen LogP contribution in [0, 0.1) is 0 Å². The minimum absolute atomic E-state index is 0.135. The van der Waals surface area contributed by atoms with E-state index in [0.29, 0.717) is 0 Å². The van der Waals surface area contributed by atoms with E-state index >= 15 is 0 Å². The normalized spacial score (nSPS) is 11.8. The second-order valence-electron chi connectivity index (χ2n) is 1.66. The van der Waals surface area contributed by atoms with E-state index in [-0.39, 0.29) is 6.61 Å². The average molecular weight is 162 g/mol. The molecule has 6 heteroatoms. The van der Waals surface area contributed by atoms with Crippen LogP contribution in [0.4, 0.5) is 4.79 Å². The van der Waals surface area contributed by atoms with Gasteiger partial charge in [-0.1, -0.05) is 0 Å². The average Bonchev–Trinajstić information content (AvgIpc) is 1.86. The molecule has 11 heavy (non-hydrogen) atoms. The number of primary amides is 1. The molecule has 0 saturated heterocycles. The van der Waals surface area contributed by atoms with Gasteiger partial charge in [-0.3, -0.25) is 0 Å². The third kappa shape index (κ3) is 4.15. The molecule has 0 aliphatic heterocycles. The fourth-order valence-electron chi connectivity index (χ4n) is 0.415. The lowest BCUT2D eigenvalue weighted by atomic mass is 10.5. The number of hydrogen-bond acceptors (Lipinski definition) is 4. The number of carbonyl (C=O) groups excluding carboxylic acids is 2. The number of urea groups is 1. The smallest absolute Gasteiger partial charge is 0.356 e. The molecular formula is C5H10N2O4. The van der Waals surface area contributed by atoms with Crippen LogP contribution in [0.25, 0.3) is 0 Å². The van der Waals surface area contributed by atoms with E-state index in [0.717, 1.165) is 0 Å². The summed E-state index contributed by atoms with van der Waals surface area (Å²) in [6, 6.07) is -0.981. The van der Waals surface area contributed by atoms with Gasteiger partial charge in [-0.25, -0.2) is 9.59 Å². The van der Waals surface area contributed by atoms with Crippen molar-refractivity contribution in [2.75, 3.05) is 6.61 Å². The van der Waals surface area contributed by atoms with Gasteiger partial charge in [0, 0.05) is 0 Å². The van der Waals surface area contributed by atoms with Crippen molar-refractivity contribution in [3.63, 3.8) is 0 Å². The van der Waals surface area contributed by atoms with E-state index in [1.165, 1.54) is 0 Å². The molecule has 64 valence electrons. The molecule has 0 saturated carbocycles. The topological polar surface area (TPSA) is 102 Å². The van der Waals surface area contributed by atoms with Crippen LogP contribution >= 0.6 is 0 Å². The Balaban J connectivity index is 3.73. The largest absolute Gasteiger partial charge is 0.463 e. The van der Waals surface area contributed by atoms with E-state index in [2.05, 4.69) is 10.5 Å². The van der Waals surface area contributed by atoms with E-state index in [1.54, 1.807) is 12.2 Å². The van der Waals surface area contributed by atoms with Crippen molar-refractivity contribution in [2.24, 2.45) is 5.73 Å². The number of ether oxygens (including phenoxy) is 1. The van der Waals surface area contributed by atoms with Crippen LogP contribution in [-0.2, 0) is 9.53 Å². The Morgan fingerprint density at radius 3 is 2.64 bits per heavy atom. The van der Waals surface area contributed by atoms with Crippen LogP contribution < -0.4 is 11.1 Å². The zero-order valence-electron chi connectivity index (χ0n) is 6.03. The summed E-state index contributed by atoms with van der Waals surface area (Å²) in [5.74, 6) is -0.925. The van der Waals surface area contributed by atoms with Gasteiger partial charge >= 0.3 is 12.0 Å². The van der Waals surface area contributed by atoms with Gasteiger partial charge in [0.1, 0.15) is 0 Å². The Morgan fingerprint density at radius 1 is 1.73 bits per heavy atom. The Bertz CT molecular complexity index is 159. The maximum atomic E-state index is 10.5. The molecule has 6 nitrogen and oxygen atoms in total. The van der Waals surface area contributed by atoms with Gasteiger partial charge in [0.2, 0.25) is 6.23 Å². The molecule has 4 N–H and O–H groups in total. The third-order valence-electron chi connectivity index (χ3n) is 0.789. The van der Waals surface area contributed by atoms with Crippen LogP contribution in [0.1, 0.15) is 6.92 Å². The highest BCUT2D eigenvalue weighted by atomic mass is 16.5. The van der Waals surface area contributed by atoms with Crippen molar-refractivity contribution in [3.8, 4) is 0 Å². The van der Waals surface area contributed by atoms with E-state index in [1.807, 2.05) is 0 Å². The van der Waals surface area contributed by atoms with Crippen LogP contribution in [0.2, 0.25) is 0 Å². The second kappa shape index (κ2) is 4.51. The summed E-state index contributed by atoms with van der Waals surface area (Å²) in [4.78, 5) is 20.6. The first kappa shape index (κ1) is 9.70. The fraction of sp³-hybridized carbons (Fsp3) is 0.600. The van der Waals surface area contributed by atoms with Crippen LogP contribution in [-0.4, -0.2) is 29.9 Å². The van der Waals surface area contributed by atoms with Gasteiger partial charge in [0.25, 0.3) is 0 Å². The lowest BCUT2D eigenvalue weighted by Crippen LogP contribution is -2.44. The Kier molecular flexibility index (Phi) is 3.97. The molecule has 2 amide bonds. The lowest BCUT2D eigenvalue weighted by molar-refractivity contribution is -0.154.